The Hall–Kier alpha value is 0.650. The van der Waals surface area contributed by atoms with E-state index in [0.717, 1.165) is 0 Å². The predicted octanol–water partition coefficient (Wildman–Crippen LogP) is 1.58. The first-order chi connectivity index (χ1) is 5.13. The van der Waals surface area contributed by atoms with Crippen molar-refractivity contribution >= 4 is 22.6 Å². The molecule has 1 aliphatic heterocycles. The molecule has 1 fully saturated rings. The van der Waals surface area contributed by atoms with Crippen LogP contribution in [0.5, 0.6) is 0 Å². The lowest BCUT2D eigenvalue weighted by Gasteiger charge is -2.38. The molecule has 11 heavy (non-hydrogen) atoms. The Balaban J connectivity index is 2.51. The van der Waals surface area contributed by atoms with Gasteiger partial charge in [-0.15, -0.1) is 0 Å². The van der Waals surface area contributed by atoms with Gasteiger partial charge in [0.1, 0.15) is 0 Å². The number of halogens is 1. The molecule has 0 radical (unpaired) electrons. The van der Waals surface area contributed by atoms with E-state index in [1.54, 1.807) is 0 Å². The molecule has 0 aliphatic carbocycles. The molecule has 0 aromatic heterocycles. The van der Waals surface area contributed by atoms with E-state index in [4.69, 9.17) is 5.73 Å². The molecular formula is C8H17IN2. The van der Waals surface area contributed by atoms with E-state index >= 15 is 0 Å². The van der Waals surface area contributed by atoms with Crippen LogP contribution in [0.1, 0.15) is 26.7 Å². The molecule has 0 amide bonds. The van der Waals surface area contributed by atoms with Gasteiger partial charge in [0.05, 0.1) is 4.05 Å². The SMILES string of the molecule is CC(C)N1CCCC(N)C1I. The average molecular weight is 268 g/mol. The smallest absolute Gasteiger partial charge is 0.0774 e. The van der Waals surface area contributed by atoms with Gasteiger partial charge in [-0.25, -0.2) is 0 Å². The van der Waals surface area contributed by atoms with Crippen molar-refractivity contribution in [3.8, 4) is 0 Å². The zero-order valence-electron chi connectivity index (χ0n) is 7.26. The number of nitrogens with zero attached hydrogens (tertiary/aromatic N) is 1. The third kappa shape index (κ3) is 2.29. The van der Waals surface area contributed by atoms with E-state index in [0.29, 0.717) is 16.1 Å². The van der Waals surface area contributed by atoms with Crippen LogP contribution >= 0.6 is 22.6 Å². The van der Waals surface area contributed by atoms with Crippen LogP contribution in [0.15, 0.2) is 0 Å². The normalized spacial score (nSPS) is 34.6. The van der Waals surface area contributed by atoms with Crippen molar-refractivity contribution in [2.45, 2.75) is 42.8 Å². The van der Waals surface area contributed by atoms with Crippen LogP contribution in [0.3, 0.4) is 0 Å². The number of nitrogens with two attached hydrogens (primary N) is 1. The van der Waals surface area contributed by atoms with Crippen LogP contribution in [0, 0.1) is 0 Å². The minimum absolute atomic E-state index is 0.381. The first kappa shape index (κ1) is 9.74. The Kier molecular flexibility index (Phi) is 3.58. The fraction of sp³-hybridized carbons (Fsp3) is 1.00. The van der Waals surface area contributed by atoms with Gasteiger partial charge in [-0.1, -0.05) is 22.6 Å². The summed E-state index contributed by atoms with van der Waals surface area (Å²) in [5, 5.41) is 0. The largest absolute Gasteiger partial charge is 0.326 e. The maximum atomic E-state index is 5.96. The van der Waals surface area contributed by atoms with Gasteiger partial charge in [-0.2, -0.15) is 0 Å². The Labute approximate surface area is 82.6 Å². The molecule has 0 saturated carbocycles. The second-order valence-corrected chi connectivity index (χ2v) is 4.79. The van der Waals surface area contributed by atoms with E-state index in [-0.39, 0.29) is 0 Å². The molecule has 1 heterocycles. The highest BCUT2D eigenvalue weighted by molar-refractivity contribution is 14.1. The summed E-state index contributed by atoms with van der Waals surface area (Å²) in [7, 11) is 0. The molecule has 0 aromatic rings. The molecular weight excluding hydrogens is 251 g/mol. The molecule has 1 rings (SSSR count). The molecule has 0 aromatic carbocycles. The monoisotopic (exact) mass is 268 g/mol. The number of piperidine rings is 1. The molecule has 66 valence electrons. The minimum Gasteiger partial charge on any atom is -0.326 e. The highest BCUT2D eigenvalue weighted by atomic mass is 127. The molecule has 3 heteroatoms. The summed E-state index contributed by atoms with van der Waals surface area (Å²) in [6.45, 7) is 5.70. The molecule has 1 aliphatic rings. The van der Waals surface area contributed by atoms with Gasteiger partial charge in [0.15, 0.2) is 0 Å². The molecule has 2 unspecified atom stereocenters. The predicted molar refractivity (Wildman–Crippen MR) is 56.9 cm³/mol. The summed E-state index contributed by atoms with van der Waals surface area (Å²) in [6, 6.07) is 1.02. The summed E-state index contributed by atoms with van der Waals surface area (Å²) < 4.78 is 0.543. The van der Waals surface area contributed by atoms with Gasteiger partial charge >= 0.3 is 0 Å². The minimum atomic E-state index is 0.381. The zero-order valence-corrected chi connectivity index (χ0v) is 9.41. The summed E-state index contributed by atoms with van der Waals surface area (Å²) in [5.74, 6) is 0. The van der Waals surface area contributed by atoms with Crippen molar-refractivity contribution in [1.29, 1.82) is 0 Å². The summed E-state index contributed by atoms with van der Waals surface area (Å²) in [6.07, 6.45) is 2.45. The summed E-state index contributed by atoms with van der Waals surface area (Å²) in [5.41, 5.74) is 5.96. The van der Waals surface area contributed by atoms with Crippen molar-refractivity contribution in [1.82, 2.24) is 4.90 Å². The van der Waals surface area contributed by atoms with Crippen LogP contribution in [0.2, 0.25) is 0 Å². The van der Waals surface area contributed by atoms with E-state index in [1.807, 2.05) is 0 Å². The van der Waals surface area contributed by atoms with Crippen molar-refractivity contribution < 1.29 is 0 Å². The fourth-order valence-electron chi connectivity index (χ4n) is 1.56. The van der Waals surface area contributed by atoms with Crippen molar-refractivity contribution in [2.24, 2.45) is 5.73 Å². The van der Waals surface area contributed by atoms with Crippen LogP contribution in [0.4, 0.5) is 0 Å². The van der Waals surface area contributed by atoms with Crippen LogP contribution in [-0.2, 0) is 0 Å². The zero-order chi connectivity index (χ0) is 8.43. The first-order valence-electron chi connectivity index (χ1n) is 4.28. The van der Waals surface area contributed by atoms with Gasteiger partial charge in [0.2, 0.25) is 0 Å². The highest BCUT2D eigenvalue weighted by Gasteiger charge is 2.27. The van der Waals surface area contributed by atoms with Crippen molar-refractivity contribution in [3.63, 3.8) is 0 Å². The molecule has 0 bridgehead atoms. The van der Waals surface area contributed by atoms with Gasteiger partial charge in [-0.3, -0.25) is 4.90 Å². The van der Waals surface area contributed by atoms with Crippen LogP contribution < -0.4 is 5.73 Å². The van der Waals surface area contributed by atoms with E-state index in [9.17, 15) is 0 Å². The number of alkyl halides is 1. The Morgan fingerprint density at radius 1 is 1.55 bits per heavy atom. The molecule has 2 atom stereocenters. The number of likely N-dealkylation sites (tertiary alicyclic amines) is 1. The van der Waals surface area contributed by atoms with Crippen molar-refractivity contribution in [3.05, 3.63) is 0 Å². The third-order valence-corrected chi connectivity index (χ3v) is 3.93. The lowest BCUT2D eigenvalue weighted by molar-refractivity contribution is 0.157. The lowest BCUT2D eigenvalue weighted by Crippen LogP contribution is -2.51. The number of rotatable bonds is 1. The number of hydrogen-bond acceptors (Lipinski definition) is 2. The standard InChI is InChI=1S/C8H17IN2/c1-6(2)11-5-3-4-7(10)8(11)9/h6-8H,3-5,10H2,1-2H3. The van der Waals surface area contributed by atoms with Gasteiger partial charge in [0.25, 0.3) is 0 Å². The van der Waals surface area contributed by atoms with Crippen LogP contribution in [-0.4, -0.2) is 27.6 Å². The quantitative estimate of drug-likeness (QED) is 0.444. The first-order valence-corrected chi connectivity index (χ1v) is 5.53. The maximum absolute atomic E-state index is 5.96. The fourth-order valence-corrected chi connectivity index (χ4v) is 2.84. The Bertz CT molecular complexity index is 127. The average Bonchev–Trinajstić information content (AvgIpc) is 1.94. The second kappa shape index (κ2) is 4.05. The van der Waals surface area contributed by atoms with E-state index in [1.165, 1.54) is 19.4 Å². The second-order valence-electron chi connectivity index (χ2n) is 3.51. The van der Waals surface area contributed by atoms with Crippen LogP contribution in [0.25, 0.3) is 0 Å². The Morgan fingerprint density at radius 2 is 2.18 bits per heavy atom. The van der Waals surface area contributed by atoms with Gasteiger partial charge < -0.3 is 5.73 Å². The number of hydrogen-bond donors (Lipinski definition) is 1. The lowest BCUT2D eigenvalue weighted by atomic mass is 10.1. The molecule has 0 spiro atoms. The maximum Gasteiger partial charge on any atom is 0.0774 e. The highest BCUT2D eigenvalue weighted by Crippen LogP contribution is 2.23. The summed E-state index contributed by atoms with van der Waals surface area (Å²) >= 11 is 2.46. The van der Waals surface area contributed by atoms with E-state index < -0.39 is 0 Å². The molecule has 2 N–H and O–H groups in total. The van der Waals surface area contributed by atoms with E-state index in [2.05, 4.69) is 41.3 Å². The topological polar surface area (TPSA) is 29.3 Å². The van der Waals surface area contributed by atoms with Gasteiger partial charge in [0, 0.05) is 12.1 Å². The molecule has 1 saturated heterocycles. The third-order valence-electron chi connectivity index (χ3n) is 2.29. The molecule has 2 nitrogen and oxygen atoms in total. The van der Waals surface area contributed by atoms with Crippen molar-refractivity contribution in [2.75, 3.05) is 6.54 Å². The summed E-state index contributed by atoms with van der Waals surface area (Å²) in [4.78, 5) is 2.48. The Morgan fingerprint density at radius 3 is 2.64 bits per heavy atom. The van der Waals surface area contributed by atoms with Gasteiger partial charge in [-0.05, 0) is 33.2 Å².